The minimum Gasteiger partial charge on any atom is -0.410 e. The van der Waals surface area contributed by atoms with Crippen LogP contribution in [-0.4, -0.2) is 11.1 Å². The number of amides is 1. The van der Waals surface area contributed by atoms with Gasteiger partial charge in [-0.1, -0.05) is 60.7 Å². The second-order valence-electron chi connectivity index (χ2n) is 6.19. The normalized spacial score (nSPS) is 10.5. The molecule has 0 aliphatic heterocycles. The van der Waals surface area contributed by atoms with Gasteiger partial charge in [-0.05, 0) is 31.2 Å². The molecule has 138 valence electrons. The van der Waals surface area contributed by atoms with Crippen LogP contribution in [0.1, 0.15) is 4.88 Å². The average Bonchev–Trinajstić information content (AvgIpc) is 3.12. The van der Waals surface area contributed by atoms with Gasteiger partial charge >= 0.3 is 6.09 Å². The summed E-state index contributed by atoms with van der Waals surface area (Å²) in [7, 11) is 0. The van der Waals surface area contributed by atoms with Gasteiger partial charge in [-0.3, -0.25) is 5.32 Å². The number of nitrogens with zero attached hydrogens (tertiary/aromatic N) is 1. The summed E-state index contributed by atoms with van der Waals surface area (Å²) in [5.41, 5.74) is 3.75. The molecule has 0 spiro atoms. The van der Waals surface area contributed by atoms with E-state index >= 15 is 0 Å². The van der Waals surface area contributed by atoms with E-state index in [1.807, 2.05) is 60.7 Å². The van der Waals surface area contributed by atoms with E-state index in [1.165, 1.54) is 0 Å². The van der Waals surface area contributed by atoms with E-state index in [-0.39, 0.29) is 0 Å². The second-order valence-corrected chi connectivity index (χ2v) is 7.40. The molecule has 4 aromatic rings. The molecule has 1 heterocycles. The number of aromatic nitrogens is 1. The molecule has 0 unspecified atom stereocenters. The van der Waals surface area contributed by atoms with Gasteiger partial charge in [-0.2, -0.15) is 0 Å². The highest BCUT2D eigenvalue weighted by Gasteiger charge is 2.12. The molecule has 5 heteroatoms. The first-order chi connectivity index (χ1) is 13.7. The Bertz CT molecular complexity index is 1070. The van der Waals surface area contributed by atoms with Gasteiger partial charge in [-0.15, -0.1) is 11.3 Å². The number of aryl methyl sites for hydroxylation is 1. The Morgan fingerprint density at radius 2 is 1.50 bits per heavy atom. The Kier molecular flexibility index (Phi) is 5.17. The summed E-state index contributed by atoms with van der Waals surface area (Å²) in [6.07, 6.45) is -0.518. The number of carbonyl (C=O) groups is 1. The number of ether oxygens (including phenoxy) is 1. The summed E-state index contributed by atoms with van der Waals surface area (Å²) >= 11 is 1.68. The first-order valence-corrected chi connectivity index (χ1v) is 9.68. The Hall–Kier alpha value is -3.44. The Morgan fingerprint density at radius 1 is 0.857 bits per heavy atom. The van der Waals surface area contributed by atoms with Crippen molar-refractivity contribution in [2.75, 3.05) is 5.32 Å². The maximum absolute atomic E-state index is 12.0. The minimum atomic E-state index is -0.518. The van der Waals surface area contributed by atoms with Gasteiger partial charge in [0.1, 0.15) is 10.8 Å². The van der Waals surface area contributed by atoms with Crippen LogP contribution in [0, 0.1) is 6.92 Å². The second kappa shape index (κ2) is 8.06. The Morgan fingerprint density at radius 3 is 2.18 bits per heavy atom. The number of hydrogen-bond donors (Lipinski definition) is 1. The SMILES string of the molecule is Cc1sc(-c2ccccc2)nc1-c1ccc(NC(=O)Oc2ccccc2)cc1. The van der Waals surface area contributed by atoms with Crippen LogP contribution in [0.3, 0.4) is 0 Å². The lowest BCUT2D eigenvalue weighted by Gasteiger charge is -2.07. The molecule has 0 aliphatic carbocycles. The molecule has 0 radical (unpaired) electrons. The fourth-order valence-corrected chi connectivity index (χ4v) is 3.76. The molecule has 0 saturated heterocycles. The maximum atomic E-state index is 12.0. The van der Waals surface area contributed by atoms with Crippen molar-refractivity contribution in [2.24, 2.45) is 0 Å². The molecular formula is C23H18N2O2S. The van der Waals surface area contributed by atoms with Gasteiger partial charge < -0.3 is 4.74 Å². The lowest BCUT2D eigenvalue weighted by atomic mass is 10.1. The van der Waals surface area contributed by atoms with Crippen molar-refractivity contribution < 1.29 is 9.53 Å². The summed E-state index contributed by atoms with van der Waals surface area (Å²) in [6.45, 7) is 2.07. The molecule has 0 aliphatic rings. The third kappa shape index (κ3) is 4.10. The van der Waals surface area contributed by atoms with Gasteiger partial charge in [0.05, 0.1) is 5.69 Å². The van der Waals surface area contributed by atoms with Crippen LogP contribution in [0.2, 0.25) is 0 Å². The predicted octanol–water partition coefficient (Wildman–Crippen LogP) is 6.40. The highest BCUT2D eigenvalue weighted by Crippen LogP contribution is 2.33. The number of thiazole rings is 1. The van der Waals surface area contributed by atoms with Gasteiger partial charge in [0.15, 0.2) is 0 Å². The summed E-state index contributed by atoms with van der Waals surface area (Å²) in [6, 6.07) is 26.7. The van der Waals surface area contributed by atoms with Crippen LogP contribution < -0.4 is 10.1 Å². The van der Waals surface area contributed by atoms with Crippen LogP contribution in [0.25, 0.3) is 21.8 Å². The van der Waals surface area contributed by atoms with E-state index in [1.54, 1.807) is 23.5 Å². The molecular weight excluding hydrogens is 368 g/mol. The van der Waals surface area contributed by atoms with E-state index in [9.17, 15) is 4.79 Å². The van der Waals surface area contributed by atoms with Crippen LogP contribution in [0.15, 0.2) is 84.9 Å². The summed E-state index contributed by atoms with van der Waals surface area (Å²) in [5, 5.41) is 3.74. The average molecular weight is 386 g/mol. The summed E-state index contributed by atoms with van der Waals surface area (Å²) in [4.78, 5) is 18.0. The number of hydrogen-bond acceptors (Lipinski definition) is 4. The quantitative estimate of drug-likeness (QED) is 0.442. The topological polar surface area (TPSA) is 51.2 Å². The van der Waals surface area contributed by atoms with Crippen molar-refractivity contribution in [3.05, 3.63) is 89.8 Å². The zero-order valence-corrected chi connectivity index (χ0v) is 16.1. The fraction of sp³-hybridized carbons (Fsp3) is 0.0435. The Balaban J connectivity index is 1.48. The highest BCUT2D eigenvalue weighted by atomic mass is 32.1. The number of nitrogens with one attached hydrogen (secondary N) is 1. The molecule has 1 amide bonds. The molecule has 28 heavy (non-hydrogen) atoms. The standard InChI is InChI=1S/C23H18N2O2S/c1-16-21(25-22(28-16)18-8-4-2-5-9-18)17-12-14-19(15-13-17)24-23(26)27-20-10-6-3-7-11-20/h2-15H,1H3,(H,24,26). The van der Waals surface area contributed by atoms with Crippen molar-refractivity contribution >= 4 is 23.1 Å². The molecule has 3 aromatic carbocycles. The van der Waals surface area contributed by atoms with E-state index in [2.05, 4.69) is 24.4 Å². The molecule has 0 fully saturated rings. The van der Waals surface area contributed by atoms with Crippen molar-refractivity contribution in [3.63, 3.8) is 0 Å². The molecule has 0 atom stereocenters. The summed E-state index contributed by atoms with van der Waals surface area (Å²) < 4.78 is 5.24. The molecule has 4 rings (SSSR count). The first kappa shape index (κ1) is 17.9. The van der Waals surface area contributed by atoms with Gasteiger partial charge in [0, 0.05) is 21.7 Å². The number of rotatable bonds is 4. The van der Waals surface area contributed by atoms with Crippen molar-refractivity contribution in [3.8, 4) is 27.6 Å². The van der Waals surface area contributed by atoms with Crippen LogP contribution >= 0.6 is 11.3 Å². The molecule has 0 saturated carbocycles. The monoisotopic (exact) mass is 386 g/mol. The predicted molar refractivity (Wildman–Crippen MR) is 114 cm³/mol. The van der Waals surface area contributed by atoms with Gasteiger partial charge in [0.2, 0.25) is 0 Å². The van der Waals surface area contributed by atoms with Crippen LogP contribution in [-0.2, 0) is 0 Å². The molecule has 0 bridgehead atoms. The van der Waals surface area contributed by atoms with Gasteiger partial charge in [0.25, 0.3) is 0 Å². The summed E-state index contributed by atoms with van der Waals surface area (Å²) in [5.74, 6) is 0.503. The first-order valence-electron chi connectivity index (χ1n) is 8.86. The number of para-hydroxylation sites is 1. The van der Waals surface area contributed by atoms with E-state index in [0.29, 0.717) is 11.4 Å². The lowest BCUT2D eigenvalue weighted by molar-refractivity contribution is 0.215. The van der Waals surface area contributed by atoms with Crippen LogP contribution in [0.4, 0.5) is 10.5 Å². The van der Waals surface area contributed by atoms with Crippen molar-refractivity contribution in [1.82, 2.24) is 4.98 Å². The number of carbonyl (C=O) groups excluding carboxylic acids is 1. The smallest absolute Gasteiger partial charge is 0.410 e. The Labute approximate surface area is 167 Å². The van der Waals surface area contributed by atoms with E-state index in [4.69, 9.17) is 9.72 Å². The third-order valence-corrected chi connectivity index (χ3v) is 5.20. The van der Waals surface area contributed by atoms with Crippen LogP contribution in [0.5, 0.6) is 5.75 Å². The van der Waals surface area contributed by atoms with Crippen molar-refractivity contribution in [1.29, 1.82) is 0 Å². The molecule has 1 aromatic heterocycles. The van der Waals surface area contributed by atoms with E-state index < -0.39 is 6.09 Å². The van der Waals surface area contributed by atoms with Crippen molar-refractivity contribution in [2.45, 2.75) is 6.92 Å². The number of benzene rings is 3. The zero-order chi connectivity index (χ0) is 19.3. The largest absolute Gasteiger partial charge is 0.417 e. The lowest BCUT2D eigenvalue weighted by Crippen LogP contribution is -2.16. The maximum Gasteiger partial charge on any atom is 0.417 e. The highest BCUT2D eigenvalue weighted by molar-refractivity contribution is 7.15. The third-order valence-electron chi connectivity index (χ3n) is 4.18. The minimum absolute atomic E-state index is 0.503. The molecule has 1 N–H and O–H groups in total. The fourth-order valence-electron chi connectivity index (χ4n) is 2.82. The van der Waals surface area contributed by atoms with E-state index in [0.717, 1.165) is 26.7 Å². The zero-order valence-electron chi connectivity index (χ0n) is 15.3. The molecule has 4 nitrogen and oxygen atoms in total. The van der Waals surface area contributed by atoms with Gasteiger partial charge in [-0.25, -0.2) is 9.78 Å². The number of anilines is 1.